The van der Waals surface area contributed by atoms with E-state index in [-0.39, 0.29) is 0 Å². The summed E-state index contributed by atoms with van der Waals surface area (Å²) in [5.41, 5.74) is 5.85. The van der Waals surface area contributed by atoms with E-state index in [0.29, 0.717) is 0 Å². The first-order valence-electron chi connectivity index (χ1n) is 6.16. The van der Waals surface area contributed by atoms with Gasteiger partial charge in [0.2, 0.25) is 0 Å². The van der Waals surface area contributed by atoms with Gasteiger partial charge in [0.05, 0.1) is 28.1 Å². The summed E-state index contributed by atoms with van der Waals surface area (Å²) in [6.45, 7) is 9.15. The lowest BCUT2D eigenvalue weighted by Crippen LogP contribution is -2.09. The van der Waals surface area contributed by atoms with E-state index in [0.717, 1.165) is 34.5 Å². The molecule has 0 bridgehead atoms. The molecule has 0 saturated carbocycles. The van der Waals surface area contributed by atoms with Crippen LogP contribution in [0.25, 0.3) is 0 Å². The zero-order valence-corrected chi connectivity index (χ0v) is 13.2. The van der Waals surface area contributed by atoms with Crippen molar-refractivity contribution in [1.82, 2.24) is 19.6 Å². The number of hydrogen-bond donors (Lipinski definition) is 0. The third kappa shape index (κ3) is 2.11. The normalized spacial score (nSPS) is 11.2. The minimum Gasteiger partial charge on any atom is -0.269 e. The number of nitrogens with zero attached hydrogens (tertiary/aromatic N) is 4. The second-order valence-electron chi connectivity index (χ2n) is 4.64. The molecule has 0 fully saturated rings. The third-order valence-electron chi connectivity index (χ3n) is 3.55. The molecule has 2 aromatic heterocycles. The average molecular weight is 311 g/mol. The van der Waals surface area contributed by atoms with Gasteiger partial charge in [-0.1, -0.05) is 6.92 Å². The van der Waals surface area contributed by atoms with Gasteiger partial charge in [0.25, 0.3) is 0 Å². The number of halogens is 1. The zero-order valence-electron chi connectivity index (χ0n) is 11.6. The van der Waals surface area contributed by atoms with Gasteiger partial charge in [0, 0.05) is 12.7 Å². The Morgan fingerprint density at radius 3 is 2.28 bits per heavy atom. The van der Waals surface area contributed by atoms with Crippen LogP contribution in [0.1, 0.15) is 35.3 Å². The predicted octanol–water partition coefficient (Wildman–Crippen LogP) is 2.92. The van der Waals surface area contributed by atoms with Gasteiger partial charge >= 0.3 is 0 Å². The fraction of sp³-hybridized carbons (Fsp3) is 0.538. The van der Waals surface area contributed by atoms with Crippen molar-refractivity contribution in [3.8, 4) is 0 Å². The molecular weight excluding hydrogens is 292 g/mol. The standard InChI is InChI=1S/C13H19BrN4/c1-6-11-13(14)12(17(5)16-11)7-18-10(4)8(2)9(3)15-18/h6-7H2,1-5H3. The van der Waals surface area contributed by atoms with E-state index in [1.165, 1.54) is 11.3 Å². The summed E-state index contributed by atoms with van der Waals surface area (Å²) < 4.78 is 5.10. The molecule has 0 amide bonds. The van der Waals surface area contributed by atoms with Crippen molar-refractivity contribution >= 4 is 15.9 Å². The van der Waals surface area contributed by atoms with Gasteiger partial charge in [-0.3, -0.25) is 9.36 Å². The van der Waals surface area contributed by atoms with Crippen LogP contribution in [-0.4, -0.2) is 19.6 Å². The first-order chi connectivity index (χ1) is 8.45. The SMILES string of the molecule is CCc1nn(C)c(Cn2nc(C)c(C)c2C)c1Br. The molecule has 0 radical (unpaired) electrons. The lowest BCUT2D eigenvalue weighted by atomic mass is 10.2. The highest BCUT2D eigenvalue weighted by molar-refractivity contribution is 9.10. The lowest BCUT2D eigenvalue weighted by Gasteiger charge is -2.06. The smallest absolute Gasteiger partial charge is 0.0842 e. The lowest BCUT2D eigenvalue weighted by molar-refractivity contribution is 0.601. The Kier molecular flexibility index (Phi) is 3.61. The Bertz CT molecular complexity index is 580. The minimum atomic E-state index is 0.755. The average Bonchev–Trinajstić information content (AvgIpc) is 2.74. The molecule has 0 saturated heterocycles. The summed E-state index contributed by atoms with van der Waals surface area (Å²) in [6, 6.07) is 0. The Morgan fingerprint density at radius 2 is 1.83 bits per heavy atom. The monoisotopic (exact) mass is 310 g/mol. The number of aromatic nitrogens is 4. The van der Waals surface area contributed by atoms with Crippen molar-refractivity contribution in [1.29, 1.82) is 0 Å². The molecular formula is C13H19BrN4. The fourth-order valence-corrected chi connectivity index (χ4v) is 2.82. The van der Waals surface area contributed by atoms with Crippen molar-refractivity contribution in [2.45, 2.75) is 40.7 Å². The van der Waals surface area contributed by atoms with Crippen LogP contribution in [0.4, 0.5) is 0 Å². The molecule has 18 heavy (non-hydrogen) atoms. The number of aryl methyl sites for hydroxylation is 3. The van der Waals surface area contributed by atoms with Crippen LogP contribution in [0.5, 0.6) is 0 Å². The molecule has 0 unspecified atom stereocenters. The maximum Gasteiger partial charge on any atom is 0.0842 e. The Hall–Kier alpha value is -1.10. The molecule has 0 atom stereocenters. The molecule has 5 heteroatoms. The van der Waals surface area contributed by atoms with Gasteiger partial charge in [-0.25, -0.2) is 0 Å². The van der Waals surface area contributed by atoms with Crippen LogP contribution in [0.3, 0.4) is 0 Å². The molecule has 2 aromatic rings. The summed E-state index contributed by atoms with van der Waals surface area (Å²) in [4.78, 5) is 0. The van der Waals surface area contributed by atoms with E-state index >= 15 is 0 Å². The molecule has 0 N–H and O–H groups in total. The summed E-state index contributed by atoms with van der Waals surface area (Å²) in [6.07, 6.45) is 0.935. The van der Waals surface area contributed by atoms with Crippen molar-refractivity contribution in [3.05, 3.63) is 32.8 Å². The van der Waals surface area contributed by atoms with E-state index in [1.54, 1.807) is 0 Å². The molecule has 2 heterocycles. The van der Waals surface area contributed by atoms with Crippen molar-refractivity contribution in [3.63, 3.8) is 0 Å². The molecule has 0 aliphatic rings. The molecule has 0 aliphatic heterocycles. The van der Waals surface area contributed by atoms with Gasteiger partial charge in [0.15, 0.2) is 0 Å². The third-order valence-corrected chi connectivity index (χ3v) is 4.46. The Morgan fingerprint density at radius 1 is 1.17 bits per heavy atom. The van der Waals surface area contributed by atoms with E-state index in [4.69, 9.17) is 0 Å². The highest BCUT2D eigenvalue weighted by Gasteiger charge is 2.15. The van der Waals surface area contributed by atoms with E-state index in [9.17, 15) is 0 Å². The highest BCUT2D eigenvalue weighted by atomic mass is 79.9. The van der Waals surface area contributed by atoms with Crippen LogP contribution in [0.15, 0.2) is 4.47 Å². The minimum absolute atomic E-state index is 0.755. The summed E-state index contributed by atoms with van der Waals surface area (Å²) in [7, 11) is 1.98. The zero-order chi connectivity index (χ0) is 13.4. The maximum absolute atomic E-state index is 4.58. The fourth-order valence-electron chi connectivity index (χ4n) is 2.07. The first kappa shape index (κ1) is 13.3. The van der Waals surface area contributed by atoms with Crippen LogP contribution >= 0.6 is 15.9 Å². The molecule has 0 aromatic carbocycles. The van der Waals surface area contributed by atoms with E-state index in [2.05, 4.69) is 53.8 Å². The predicted molar refractivity (Wildman–Crippen MR) is 75.8 cm³/mol. The second kappa shape index (κ2) is 4.88. The maximum atomic E-state index is 4.58. The van der Waals surface area contributed by atoms with Crippen molar-refractivity contribution in [2.75, 3.05) is 0 Å². The van der Waals surface area contributed by atoms with E-state index in [1.807, 2.05) is 16.4 Å². The Balaban J connectivity index is 2.40. The summed E-state index contributed by atoms with van der Waals surface area (Å²) in [5, 5.41) is 9.09. The molecule has 98 valence electrons. The van der Waals surface area contributed by atoms with Crippen LogP contribution in [0.2, 0.25) is 0 Å². The topological polar surface area (TPSA) is 35.6 Å². The molecule has 4 nitrogen and oxygen atoms in total. The molecule has 0 spiro atoms. The van der Waals surface area contributed by atoms with Gasteiger partial charge < -0.3 is 0 Å². The van der Waals surface area contributed by atoms with Crippen LogP contribution in [0, 0.1) is 20.8 Å². The molecule has 0 aliphatic carbocycles. The quantitative estimate of drug-likeness (QED) is 0.874. The summed E-state index contributed by atoms with van der Waals surface area (Å²) in [5.74, 6) is 0. The Labute approximate surface area is 116 Å². The number of rotatable bonds is 3. The first-order valence-corrected chi connectivity index (χ1v) is 6.95. The number of hydrogen-bond acceptors (Lipinski definition) is 2. The van der Waals surface area contributed by atoms with E-state index < -0.39 is 0 Å². The van der Waals surface area contributed by atoms with Crippen molar-refractivity contribution in [2.24, 2.45) is 7.05 Å². The van der Waals surface area contributed by atoms with Crippen LogP contribution in [-0.2, 0) is 20.0 Å². The van der Waals surface area contributed by atoms with Crippen molar-refractivity contribution < 1.29 is 0 Å². The van der Waals surface area contributed by atoms with Gasteiger partial charge in [0.1, 0.15) is 0 Å². The van der Waals surface area contributed by atoms with Gasteiger partial charge in [-0.2, -0.15) is 10.2 Å². The highest BCUT2D eigenvalue weighted by Crippen LogP contribution is 2.23. The second-order valence-corrected chi connectivity index (χ2v) is 5.43. The van der Waals surface area contributed by atoms with Gasteiger partial charge in [-0.05, 0) is 48.7 Å². The largest absolute Gasteiger partial charge is 0.269 e. The van der Waals surface area contributed by atoms with Crippen LogP contribution < -0.4 is 0 Å². The summed E-state index contributed by atoms with van der Waals surface area (Å²) >= 11 is 3.65. The van der Waals surface area contributed by atoms with Gasteiger partial charge in [-0.15, -0.1) is 0 Å². The molecule has 2 rings (SSSR count).